The van der Waals surface area contributed by atoms with Crippen LogP contribution in [0.5, 0.6) is 0 Å². The predicted octanol–water partition coefficient (Wildman–Crippen LogP) is 4.79. The molecular formula is C25H33Cl2N3O4S. The molecule has 2 aromatic carbocycles. The zero-order valence-electron chi connectivity index (χ0n) is 20.9. The molecule has 0 radical (unpaired) electrons. The Morgan fingerprint density at radius 2 is 1.71 bits per heavy atom. The number of hydrogen-bond acceptors (Lipinski definition) is 4. The van der Waals surface area contributed by atoms with Crippen molar-refractivity contribution in [2.24, 2.45) is 0 Å². The Bertz CT molecular complexity index is 1180. The van der Waals surface area contributed by atoms with Gasteiger partial charge in [-0.05, 0) is 57.9 Å². The van der Waals surface area contributed by atoms with Gasteiger partial charge in [0.15, 0.2) is 0 Å². The second kappa shape index (κ2) is 11.6. The van der Waals surface area contributed by atoms with Crippen LogP contribution in [0.4, 0.5) is 5.69 Å². The predicted molar refractivity (Wildman–Crippen MR) is 142 cm³/mol. The number of nitrogens with zero attached hydrogens (tertiary/aromatic N) is 2. The molecule has 2 aromatic rings. The van der Waals surface area contributed by atoms with Crippen molar-refractivity contribution in [3.05, 3.63) is 63.6 Å². The summed E-state index contributed by atoms with van der Waals surface area (Å²) < 4.78 is 26.3. The second-order valence-corrected chi connectivity index (χ2v) is 12.3. The first kappa shape index (κ1) is 28.9. The molecule has 0 aromatic heterocycles. The van der Waals surface area contributed by atoms with Crippen molar-refractivity contribution in [2.75, 3.05) is 17.1 Å². The Balaban J connectivity index is 2.48. The van der Waals surface area contributed by atoms with Gasteiger partial charge in [-0.1, -0.05) is 60.0 Å². The molecule has 0 saturated heterocycles. The lowest BCUT2D eigenvalue weighted by molar-refractivity contribution is -0.141. The van der Waals surface area contributed by atoms with E-state index in [4.69, 9.17) is 23.2 Å². The van der Waals surface area contributed by atoms with E-state index < -0.39 is 34.1 Å². The molecule has 0 saturated carbocycles. The summed E-state index contributed by atoms with van der Waals surface area (Å²) in [5.74, 6) is -0.819. The SMILES string of the molecule is CC[C@H](C(=O)NC(C)(C)C)N(Cc1cccc(C)c1)C(=O)CN(c1ccc(Cl)c(Cl)c1)S(C)(=O)=O. The van der Waals surface area contributed by atoms with Gasteiger partial charge in [0, 0.05) is 12.1 Å². The minimum atomic E-state index is -3.85. The molecule has 2 rings (SSSR count). The normalized spacial score (nSPS) is 12.7. The Hall–Kier alpha value is -2.29. The molecule has 2 amide bonds. The van der Waals surface area contributed by atoms with E-state index in [1.165, 1.54) is 23.1 Å². The smallest absolute Gasteiger partial charge is 0.244 e. The zero-order chi connectivity index (χ0) is 26.6. The number of amides is 2. The number of sulfonamides is 1. The Labute approximate surface area is 218 Å². The van der Waals surface area contributed by atoms with Crippen LogP contribution >= 0.6 is 23.2 Å². The zero-order valence-corrected chi connectivity index (χ0v) is 23.3. The van der Waals surface area contributed by atoms with Crippen molar-refractivity contribution >= 4 is 50.7 Å². The van der Waals surface area contributed by atoms with E-state index in [1.807, 2.05) is 58.9 Å². The van der Waals surface area contributed by atoms with Crippen molar-refractivity contribution < 1.29 is 18.0 Å². The number of nitrogens with one attached hydrogen (secondary N) is 1. The maximum Gasteiger partial charge on any atom is 0.244 e. The molecule has 192 valence electrons. The molecule has 1 atom stereocenters. The topological polar surface area (TPSA) is 86.8 Å². The minimum absolute atomic E-state index is 0.148. The fraction of sp³-hybridized carbons (Fsp3) is 0.440. The van der Waals surface area contributed by atoms with Gasteiger partial charge in [-0.3, -0.25) is 13.9 Å². The first-order valence-corrected chi connectivity index (χ1v) is 13.8. The highest BCUT2D eigenvalue weighted by molar-refractivity contribution is 7.92. The fourth-order valence-electron chi connectivity index (χ4n) is 3.63. The summed E-state index contributed by atoms with van der Waals surface area (Å²) in [6, 6.07) is 11.2. The van der Waals surface area contributed by atoms with E-state index in [1.54, 1.807) is 0 Å². The third-order valence-electron chi connectivity index (χ3n) is 5.19. The van der Waals surface area contributed by atoms with Crippen molar-refractivity contribution in [1.82, 2.24) is 10.2 Å². The molecule has 0 unspecified atom stereocenters. The molecular weight excluding hydrogens is 509 g/mol. The summed E-state index contributed by atoms with van der Waals surface area (Å²) in [5.41, 5.74) is 1.55. The standard InChI is InChI=1S/C25H33Cl2N3O4S/c1-7-22(24(32)28-25(3,4)5)29(15-18-10-8-9-17(2)13-18)23(31)16-30(35(6,33)34)19-11-12-20(26)21(27)14-19/h8-14,22H,7,15-16H2,1-6H3,(H,28,32)/t22-/m1/s1. The van der Waals surface area contributed by atoms with Crippen LogP contribution in [0, 0.1) is 6.92 Å². The van der Waals surface area contributed by atoms with E-state index in [-0.39, 0.29) is 28.2 Å². The summed E-state index contributed by atoms with van der Waals surface area (Å²) >= 11 is 12.1. The molecule has 0 aliphatic heterocycles. The van der Waals surface area contributed by atoms with Gasteiger partial charge in [0.25, 0.3) is 0 Å². The Morgan fingerprint density at radius 1 is 1.06 bits per heavy atom. The first-order chi connectivity index (χ1) is 16.1. The fourth-order valence-corrected chi connectivity index (χ4v) is 4.77. The monoisotopic (exact) mass is 541 g/mol. The summed E-state index contributed by atoms with van der Waals surface area (Å²) in [6.45, 7) is 8.99. The van der Waals surface area contributed by atoms with Crippen LogP contribution in [0.15, 0.2) is 42.5 Å². The summed E-state index contributed by atoms with van der Waals surface area (Å²) in [4.78, 5) is 28.3. The van der Waals surface area contributed by atoms with Crippen LogP contribution in [0.1, 0.15) is 45.2 Å². The molecule has 7 nitrogen and oxygen atoms in total. The van der Waals surface area contributed by atoms with Crippen LogP contribution in [-0.4, -0.2) is 49.5 Å². The van der Waals surface area contributed by atoms with Gasteiger partial charge in [-0.25, -0.2) is 8.42 Å². The number of benzene rings is 2. The van der Waals surface area contributed by atoms with Gasteiger partial charge in [-0.2, -0.15) is 0 Å². The van der Waals surface area contributed by atoms with Crippen LogP contribution in [0.3, 0.4) is 0 Å². The number of carbonyl (C=O) groups excluding carboxylic acids is 2. The number of hydrogen-bond donors (Lipinski definition) is 1. The van der Waals surface area contributed by atoms with E-state index in [0.29, 0.717) is 6.42 Å². The third-order valence-corrected chi connectivity index (χ3v) is 7.07. The van der Waals surface area contributed by atoms with Crippen LogP contribution in [0.25, 0.3) is 0 Å². The average Bonchev–Trinajstić information content (AvgIpc) is 2.71. The van der Waals surface area contributed by atoms with E-state index in [9.17, 15) is 18.0 Å². The summed E-state index contributed by atoms with van der Waals surface area (Å²) in [6.07, 6.45) is 1.36. The van der Waals surface area contributed by atoms with Gasteiger partial charge in [0.2, 0.25) is 21.8 Å². The quantitative estimate of drug-likeness (QED) is 0.494. The highest BCUT2D eigenvalue weighted by Gasteiger charge is 2.33. The molecule has 0 aliphatic rings. The largest absolute Gasteiger partial charge is 0.350 e. The lowest BCUT2D eigenvalue weighted by Gasteiger charge is -2.34. The molecule has 1 N–H and O–H groups in total. The highest BCUT2D eigenvalue weighted by atomic mass is 35.5. The summed E-state index contributed by atoms with van der Waals surface area (Å²) in [7, 11) is -3.85. The maximum atomic E-state index is 13.7. The van der Waals surface area contributed by atoms with E-state index in [0.717, 1.165) is 21.7 Å². The lowest BCUT2D eigenvalue weighted by Crippen LogP contribution is -2.55. The minimum Gasteiger partial charge on any atom is -0.350 e. The molecule has 10 heteroatoms. The van der Waals surface area contributed by atoms with Crippen molar-refractivity contribution in [2.45, 2.75) is 59.2 Å². The number of anilines is 1. The molecule has 0 bridgehead atoms. The van der Waals surface area contributed by atoms with Gasteiger partial charge in [0.05, 0.1) is 22.0 Å². The maximum absolute atomic E-state index is 13.7. The van der Waals surface area contributed by atoms with Crippen molar-refractivity contribution in [3.8, 4) is 0 Å². The van der Waals surface area contributed by atoms with Crippen LogP contribution in [0.2, 0.25) is 10.0 Å². The van der Waals surface area contributed by atoms with Crippen molar-refractivity contribution in [1.29, 1.82) is 0 Å². The van der Waals surface area contributed by atoms with Gasteiger partial charge in [0.1, 0.15) is 12.6 Å². The number of rotatable bonds is 9. The number of aryl methyl sites for hydroxylation is 1. The summed E-state index contributed by atoms with van der Waals surface area (Å²) in [5, 5.41) is 3.36. The molecule has 35 heavy (non-hydrogen) atoms. The molecule has 0 aliphatic carbocycles. The van der Waals surface area contributed by atoms with Crippen LogP contribution in [-0.2, 0) is 26.2 Å². The van der Waals surface area contributed by atoms with Crippen molar-refractivity contribution in [3.63, 3.8) is 0 Å². The highest BCUT2D eigenvalue weighted by Crippen LogP contribution is 2.28. The van der Waals surface area contributed by atoms with Gasteiger partial charge in [-0.15, -0.1) is 0 Å². The molecule has 0 spiro atoms. The van der Waals surface area contributed by atoms with Gasteiger partial charge >= 0.3 is 0 Å². The Morgan fingerprint density at radius 3 is 2.23 bits per heavy atom. The van der Waals surface area contributed by atoms with E-state index >= 15 is 0 Å². The number of carbonyl (C=O) groups is 2. The van der Waals surface area contributed by atoms with Crippen LogP contribution < -0.4 is 9.62 Å². The van der Waals surface area contributed by atoms with Gasteiger partial charge < -0.3 is 10.2 Å². The molecule has 0 heterocycles. The number of halogens is 2. The third kappa shape index (κ3) is 8.40. The second-order valence-electron chi connectivity index (χ2n) is 9.54. The average molecular weight is 543 g/mol. The first-order valence-electron chi connectivity index (χ1n) is 11.2. The van der Waals surface area contributed by atoms with E-state index in [2.05, 4.69) is 5.32 Å². The molecule has 0 fully saturated rings. The lowest BCUT2D eigenvalue weighted by atomic mass is 10.0. The Kier molecular flexibility index (Phi) is 9.62.